The van der Waals surface area contributed by atoms with Gasteiger partial charge in [0.25, 0.3) is 5.91 Å². The minimum Gasteiger partial charge on any atom is -0.337 e. The maximum Gasteiger partial charge on any atom is 0.274 e. The highest BCUT2D eigenvalue weighted by Gasteiger charge is 2.27. The fourth-order valence-electron chi connectivity index (χ4n) is 1.69. The lowest BCUT2D eigenvalue weighted by molar-refractivity contribution is 0.0751. The summed E-state index contributed by atoms with van der Waals surface area (Å²) in [5.41, 5.74) is 0.252. The van der Waals surface area contributed by atoms with Gasteiger partial charge in [-0.15, -0.1) is 0 Å². The molecule has 1 aliphatic rings. The van der Waals surface area contributed by atoms with E-state index in [1.807, 2.05) is 6.92 Å². The monoisotopic (exact) mass is 272 g/mol. The van der Waals surface area contributed by atoms with Crippen LogP contribution >= 0.6 is 23.2 Å². The van der Waals surface area contributed by atoms with E-state index in [9.17, 15) is 4.79 Å². The molecule has 5 heteroatoms. The highest BCUT2D eigenvalue weighted by Crippen LogP contribution is 2.30. The summed E-state index contributed by atoms with van der Waals surface area (Å²) < 4.78 is 0. The van der Waals surface area contributed by atoms with Gasteiger partial charge in [0, 0.05) is 13.1 Å². The Bertz CT molecular complexity index is 433. The van der Waals surface area contributed by atoms with Crippen molar-refractivity contribution in [3.8, 4) is 0 Å². The molecule has 0 unspecified atom stereocenters. The van der Waals surface area contributed by atoms with Crippen molar-refractivity contribution >= 4 is 29.1 Å². The molecule has 1 saturated carbocycles. The van der Waals surface area contributed by atoms with Crippen LogP contribution in [-0.4, -0.2) is 28.9 Å². The fourth-order valence-corrected chi connectivity index (χ4v) is 2.02. The first-order chi connectivity index (χ1) is 8.11. The molecule has 1 amide bonds. The third-order valence-corrected chi connectivity index (χ3v) is 3.37. The molecule has 0 spiro atoms. The summed E-state index contributed by atoms with van der Waals surface area (Å²) in [5, 5.41) is 0.647. The Morgan fingerprint density at radius 1 is 1.47 bits per heavy atom. The predicted molar refractivity (Wildman–Crippen MR) is 68.6 cm³/mol. The summed E-state index contributed by atoms with van der Waals surface area (Å²) in [6.07, 6.45) is 2.42. The zero-order valence-corrected chi connectivity index (χ0v) is 11.1. The third kappa shape index (κ3) is 3.11. The number of halogens is 2. The molecule has 17 heavy (non-hydrogen) atoms. The second-order valence-corrected chi connectivity index (χ2v) is 5.05. The number of hydrogen-bond donors (Lipinski definition) is 0. The molecule has 1 aromatic rings. The van der Waals surface area contributed by atoms with Crippen molar-refractivity contribution in [2.24, 2.45) is 5.92 Å². The van der Waals surface area contributed by atoms with Crippen molar-refractivity contribution in [3.63, 3.8) is 0 Å². The molecule has 0 bridgehead atoms. The Labute approximate surface area is 111 Å². The van der Waals surface area contributed by atoms with Crippen LogP contribution < -0.4 is 0 Å². The largest absolute Gasteiger partial charge is 0.337 e. The van der Waals surface area contributed by atoms with Crippen LogP contribution in [0.1, 0.15) is 30.3 Å². The van der Waals surface area contributed by atoms with Crippen LogP contribution in [0.2, 0.25) is 10.2 Å². The van der Waals surface area contributed by atoms with Gasteiger partial charge >= 0.3 is 0 Å². The zero-order valence-electron chi connectivity index (χ0n) is 9.62. The minimum absolute atomic E-state index is 0.132. The standard InChI is InChI=1S/C12H14Cl2N2O/c1-2-16(7-8-3-4-8)12(17)11-9(13)5-6-10(14)15-11/h5-6,8H,2-4,7H2,1H3. The van der Waals surface area contributed by atoms with Gasteiger partial charge in [0.15, 0.2) is 0 Å². The molecular formula is C12H14Cl2N2O. The first kappa shape index (κ1) is 12.7. The van der Waals surface area contributed by atoms with Crippen molar-refractivity contribution in [1.82, 2.24) is 9.88 Å². The molecule has 0 atom stereocenters. The summed E-state index contributed by atoms with van der Waals surface area (Å²) in [5.74, 6) is 0.517. The van der Waals surface area contributed by atoms with Gasteiger partial charge in [-0.05, 0) is 37.8 Å². The van der Waals surface area contributed by atoms with Gasteiger partial charge in [0.1, 0.15) is 10.8 Å². The van der Waals surface area contributed by atoms with Crippen LogP contribution in [0.25, 0.3) is 0 Å². The Kier molecular flexibility index (Phi) is 3.89. The SMILES string of the molecule is CCN(CC1CC1)C(=O)c1nc(Cl)ccc1Cl. The quantitative estimate of drug-likeness (QED) is 0.789. The highest BCUT2D eigenvalue weighted by molar-refractivity contribution is 6.34. The summed E-state index contributed by atoms with van der Waals surface area (Å²) in [6, 6.07) is 3.19. The number of nitrogens with zero attached hydrogens (tertiary/aromatic N) is 2. The highest BCUT2D eigenvalue weighted by atomic mass is 35.5. The van der Waals surface area contributed by atoms with Crippen LogP contribution in [-0.2, 0) is 0 Å². The lowest BCUT2D eigenvalue weighted by Gasteiger charge is -2.20. The van der Waals surface area contributed by atoms with Gasteiger partial charge in [-0.3, -0.25) is 4.79 Å². The molecule has 0 N–H and O–H groups in total. The topological polar surface area (TPSA) is 33.2 Å². The molecule has 3 nitrogen and oxygen atoms in total. The van der Waals surface area contributed by atoms with E-state index in [4.69, 9.17) is 23.2 Å². The number of amides is 1. The van der Waals surface area contributed by atoms with E-state index in [0.717, 1.165) is 6.54 Å². The van der Waals surface area contributed by atoms with Gasteiger partial charge in [-0.1, -0.05) is 23.2 Å². The molecule has 1 heterocycles. The van der Waals surface area contributed by atoms with E-state index in [2.05, 4.69) is 4.98 Å². The molecule has 0 radical (unpaired) electrons. The summed E-state index contributed by atoms with van der Waals surface area (Å²) in [4.78, 5) is 18.0. The second-order valence-electron chi connectivity index (χ2n) is 4.25. The van der Waals surface area contributed by atoms with Crippen LogP contribution in [0.5, 0.6) is 0 Å². The molecule has 0 aliphatic heterocycles. The van der Waals surface area contributed by atoms with Crippen LogP contribution in [0, 0.1) is 5.92 Å². The Hall–Kier alpha value is -0.800. The van der Waals surface area contributed by atoms with E-state index in [0.29, 0.717) is 22.6 Å². The second kappa shape index (κ2) is 5.23. The lowest BCUT2D eigenvalue weighted by atomic mass is 10.3. The van der Waals surface area contributed by atoms with E-state index >= 15 is 0 Å². The van der Waals surface area contributed by atoms with Gasteiger partial charge in [-0.2, -0.15) is 0 Å². The third-order valence-electron chi connectivity index (χ3n) is 2.86. The van der Waals surface area contributed by atoms with Gasteiger partial charge in [0.05, 0.1) is 5.02 Å². The van der Waals surface area contributed by atoms with Crippen LogP contribution in [0.15, 0.2) is 12.1 Å². The average molecular weight is 273 g/mol. The number of hydrogen-bond acceptors (Lipinski definition) is 2. The van der Waals surface area contributed by atoms with Crippen molar-refractivity contribution in [1.29, 1.82) is 0 Å². The first-order valence-electron chi connectivity index (χ1n) is 5.73. The van der Waals surface area contributed by atoms with E-state index in [1.54, 1.807) is 17.0 Å². The van der Waals surface area contributed by atoms with Crippen LogP contribution in [0.4, 0.5) is 0 Å². The Morgan fingerprint density at radius 3 is 2.76 bits per heavy atom. The van der Waals surface area contributed by atoms with Crippen molar-refractivity contribution in [3.05, 3.63) is 28.0 Å². The smallest absolute Gasteiger partial charge is 0.274 e. The molecule has 92 valence electrons. The van der Waals surface area contributed by atoms with Crippen molar-refractivity contribution in [2.75, 3.05) is 13.1 Å². The minimum atomic E-state index is -0.132. The Morgan fingerprint density at radius 2 is 2.18 bits per heavy atom. The van der Waals surface area contributed by atoms with Gasteiger partial charge in [-0.25, -0.2) is 4.98 Å². The van der Waals surface area contributed by atoms with Crippen molar-refractivity contribution in [2.45, 2.75) is 19.8 Å². The number of rotatable bonds is 4. The Balaban J connectivity index is 2.18. The summed E-state index contributed by atoms with van der Waals surface area (Å²) >= 11 is 11.8. The molecule has 1 fully saturated rings. The zero-order chi connectivity index (χ0) is 12.4. The molecule has 0 saturated heterocycles. The number of aromatic nitrogens is 1. The van der Waals surface area contributed by atoms with Gasteiger partial charge < -0.3 is 4.90 Å². The molecule has 2 rings (SSSR count). The predicted octanol–water partition coefficient (Wildman–Crippen LogP) is 3.26. The van der Waals surface area contributed by atoms with E-state index in [1.165, 1.54) is 12.8 Å². The fraction of sp³-hybridized carbons (Fsp3) is 0.500. The molecule has 0 aromatic carbocycles. The summed E-state index contributed by atoms with van der Waals surface area (Å²) in [6.45, 7) is 3.42. The number of carbonyl (C=O) groups excluding carboxylic acids is 1. The number of carbonyl (C=O) groups is 1. The molecule has 1 aromatic heterocycles. The van der Waals surface area contributed by atoms with Crippen molar-refractivity contribution < 1.29 is 4.79 Å². The molecular weight excluding hydrogens is 259 g/mol. The number of pyridine rings is 1. The maximum atomic E-state index is 12.2. The molecule has 1 aliphatic carbocycles. The summed E-state index contributed by atoms with van der Waals surface area (Å²) in [7, 11) is 0. The first-order valence-corrected chi connectivity index (χ1v) is 6.48. The van der Waals surface area contributed by atoms with E-state index < -0.39 is 0 Å². The van der Waals surface area contributed by atoms with E-state index in [-0.39, 0.29) is 11.6 Å². The lowest BCUT2D eigenvalue weighted by Crippen LogP contribution is -2.33. The average Bonchev–Trinajstić information content (AvgIpc) is 3.12. The normalized spacial score (nSPS) is 14.8. The van der Waals surface area contributed by atoms with Crippen LogP contribution in [0.3, 0.4) is 0 Å². The maximum absolute atomic E-state index is 12.2. The van der Waals surface area contributed by atoms with Gasteiger partial charge in [0.2, 0.25) is 0 Å².